The van der Waals surface area contributed by atoms with Crippen LogP contribution in [0.5, 0.6) is 0 Å². The maximum atomic E-state index is 12.2. The number of carbonyl (C=O) groups is 1. The lowest BCUT2D eigenvalue weighted by atomic mass is 9.71. The van der Waals surface area contributed by atoms with E-state index in [0.29, 0.717) is 23.5 Å². The third-order valence-corrected chi connectivity index (χ3v) is 5.39. The summed E-state index contributed by atoms with van der Waals surface area (Å²) in [6.45, 7) is 6.42. The number of ketones is 1. The summed E-state index contributed by atoms with van der Waals surface area (Å²) in [6, 6.07) is 0. The van der Waals surface area contributed by atoms with Gasteiger partial charge >= 0.3 is 0 Å². The Labute approximate surface area is 110 Å². The van der Waals surface area contributed by atoms with Gasteiger partial charge in [0.2, 0.25) is 0 Å². The van der Waals surface area contributed by atoms with Crippen LogP contribution in [0.1, 0.15) is 33.6 Å². The van der Waals surface area contributed by atoms with Gasteiger partial charge in [0.05, 0.1) is 0 Å². The summed E-state index contributed by atoms with van der Waals surface area (Å²) in [5.74, 6) is 2.05. The number of allylic oxidation sites excluding steroid dienone is 6. The molecule has 0 heterocycles. The van der Waals surface area contributed by atoms with Gasteiger partial charge < -0.3 is 0 Å². The van der Waals surface area contributed by atoms with Crippen LogP contribution in [0.15, 0.2) is 36.0 Å². The maximum Gasteiger partial charge on any atom is 0.134 e. The summed E-state index contributed by atoms with van der Waals surface area (Å²) in [4.78, 5) is 12.2. The molecule has 1 fully saturated rings. The highest BCUT2D eigenvalue weighted by Crippen LogP contribution is 2.60. The lowest BCUT2D eigenvalue weighted by Gasteiger charge is -2.33. The van der Waals surface area contributed by atoms with Gasteiger partial charge in [-0.05, 0) is 37.5 Å². The molecule has 0 N–H and O–H groups in total. The van der Waals surface area contributed by atoms with Crippen LogP contribution in [0, 0.1) is 29.1 Å². The zero-order chi connectivity index (χ0) is 12.9. The molecule has 5 atom stereocenters. The van der Waals surface area contributed by atoms with E-state index >= 15 is 0 Å². The van der Waals surface area contributed by atoms with E-state index in [4.69, 9.17) is 0 Å². The summed E-state index contributed by atoms with van der Waals surface area (Å²) in [5, 5.41) is 0. The van der Waals surface area contributed by atoms with Crippen LogP contribution in [-0.2, 0) is 4.79 Å². The predicted molar refractivity (Wildman–Crippen MR) is 74.0 cm³/mol. The molecule has 18 heavy (non-hydrogen) atoms. The van der Waals surface area contributed by atoms with Gasteiger partial charge in [0.1, 0.15) is 5.78 Å². The van der Waals surface area contributed by atoms with Crippen LogP contribution < -0.4 is 0 Å². The second-order valence-electron chi connectivity index (χ2n) is 6.43. The first-order valence-corrected chi connectivity index (χ1v) is 7.12. The van der Waals surface area contributed by atoms with Crippen LogP contribution in [0.4, 0.5) is 0 Å². The van der Waals surface area contributed by atoms with E-state index in [1.807, 2.05) is 0 Å². The molecule has 3 aliphatic carbocycles. The van der Waals surface area contributed by atoms with Crippen molar-refractivity contribution in [2.45, 2.75) is 33.6 Å². The number of hydrogen-bond donors (Lipinski definition) is 0. The standard InChI is InChI=1S/C17H22O/c1-11-7-6-9-13-15(11)16(12(2)18)14-8-4-5-10-17(13,14)3/h4-5,8-11,14-16H,6-7H2,1-3H3. The third kappa shape index (κ3) is 1.43. The van der Waals surface area contributed by atoms with E-state index < -0.39 is 0 Å². The first-order valence-electron chi connectivity index (χ1n) is 7.12. The van der Waals surface area contributed by atoms with Crippen molar-refractivity contribution in [2.75, 3.05) is 0 Å². The molecule has 0 radical (unpaired) electrons. The maximum absolute atomic E-state index is 12.2. The third-order valence-electron chi connectivity index (χ3n) is 5.39. The number of hydrogen-bond acceptors (Lipinski definition) is 1. The highest BCUT2D eigenvalue weighted by Gasteiger charge is 2.55. The molecule has 0 bridgehead atoms. The van der Waals surface area contributed by atoms with Gasteiger partial charge in [-0.25, -0.2) is 0 Å². The van der Waals surface area contributed by atoms with Gasteiger partial charge in [-0.3, -0.25) is 4.79 Å². The fraction of sp³-hybridized carbons (Fsp3) is 0.588. The van der Waals surface area contributed by atoms with Gasteiger partial charge in [0, 0.05) is 11.3 Å². The Morgan fingerprint density at radius 1 is 1.39 bits per heavy atom. The fourth-order valence-electron chi connectivity index (χ4n) is 4.51. The topological polar surface area (TPSA) is 17.1 Å². The molecule has 1 nitrogen and oxygen atoms in total. The number of Topliss-reactive ketones (excluding diaryl/α,β-unsaturated/α-hetero) is 1. The predicted octanol–water partition coefficient (Wildman–Crippen LogP) is 3.93. The highest BCUT2D eigenvalue weighted by atomic mass is 16.1. The van der Waals surface area contributed by atoms with Gasteiger partial charge in [0.15, 0.2) is 0 Å². The number of fused-ring (bicyclic) bond motifs is 3. The molecule has 0 spiro atoms. The molecule has 96 valence electrons. The number of carbonyl (C=O) groups excluding carboxylic acids is 1. The Balaban J connectivity index is 2.15. The van der Waals surface area contributed by atoms with Crippen molar-refractivity contribution < 1.29 is 4.79 Å². The Kier molecular flexibility index (Phi) is 2.62. The van der Waals surface area contributed by atoms with E-state index in [1.54, 1.807) is 6.92 Å². The minimum Gasteiger partial charge on any atom is -0.300 e. The van der Waals surface area contributed by atoms with Gasteiger partial charge in [-0.1, -0.05) is 49.8 Å². The molecule has 0 aromatic rings. The van der Waals surface area contributed by atoms with Crippen molar-refractivity contribution in [3.63, 3.8) is 0 Å². The summed E-state index contributed by atoms with van der Waals surface area (Å²) >= 11 is 0. The largest absolute Gasteiger partial charge is 0.300 e. The zero-order valence-electron chi connectivity index (χ0n) is 11.5. The molecule has 3 aliphatic rings. The van der Waals surface area contributed by atoms with Crippen LogP contribution in [0.2, 0.25) is 0 Å². The molecular weight excluding hydrogens is 220 g/mol. The van der Waals surface area contributed by atoms with Crippen molar-refractivity contribution in [3.8, 4) is 0 Å². The molecule has 0 aliphatic heterocycles. The molecule has 5 unspecified atom stereocenters. The van der Waals surface area contributed by atoms with E-state index in [2.05, 4.69) is 44.2 Å². The zero-order valence-corrected chi connectivity index (χ0v) is 11.5. The smallest absolute Gasteiger partial charge is 0.134 e. The molecule has 0 amide bonds. The van der Waals surface area contributed by atoms with Gasteiger partial charge in [0.25, 0.3) is 0 Å². The quantitative estimate of drug-likeness (QED) is 0.637. The molecule has 0 aromatic carbocycles. The normalized spacial score (nSPS) is 45.4. The Bertz CT molecular complexity index is 468. The molecule has 0 aromatic heterocycles. The Hall–Kier alpha value is -1.11. The van der Waals surface area contributed by atoms with Crippen molar-refractivity contribution in [2.24, 2.45) is 29.1 Å². The van der Waals surface area contributed by atoms with Crippen molar-refractivity contribution >= 4 is 5.78 Å². The molecule has 1 heteroatoms. The first-order chi connectivity index (χ1) is 8.55. The monoisotopic (exact) mass is 242 g/mol. The molecular formula is C17H22O. The van der Waals surface area contributed by atoms with E-state index in [-0.39, 0.29) is 11.3 Å². The van der Waals surface area contributed by atoms with Crippen LogP contribution in [0.25, 0.3) is 0 Å². The first kappa shape index (κ1) is 12.0. The SMILES string of the molecule is CC(=O)C1C2C(=CCCC2C)C2(C)C=CC=CC12. The number of rotatable bonds is 1. The van der Waals surface area contributed by atoms with Gasteiger partial charge in [-0.2, -0.15) is 0 Å². The van der Waals surface area contributed by atoms with Crippen molar-refractivity contribution in [1.29, 1.82) is 0 Å². The lowest BCUT2D eigenvalue weighted by molar-refractivity contribution is -0.123. The summed E-state index contributed by atoms with van der Waals surface area (Å²) < 4.78 is 0. The summed E-state index contributed by atoms with van der Waals surface area (Å²) in [7, 11) is 0. The van der Waals surface area contributed by atoms with Gasteiger partial charge in [-0.15, -0.1) is 0 Å². The average Bonchev–Trinajstić information content (AvgIpc) is 2.60. The lowest BCUT2D eigenvalue weighted by Crippen LogP contribution is -2.29. The van der Waals surface area contributed by atoms with E-state index in [9.17, 15) is 4.79 Å². The minimum atomic E-state index is 0.0877. The summed E-state index contributed by atoms with van der Waals surface area (Å²) in [5.41, 5.74) is 1.62. The minimum absolute atomic E-state index is 0.0877. The molecule has 0 saturated heterocycles. The summed E-state index contributed by atoms with van der Waals surface area (Å²) in [6.07, 6.45) is 13.7. The Morgan fingerprint density at radius 3 is 2.89 bits per heavy atom. The highest BCUT2D eigenvalue weighted by molar-refractivity contribution is 5.81. The van der Waals surface area contributed by atoms with Crippen LogP contribution >= 0.6 is 0 Å². The average molecular weight is 242 g/mol. The second-order valence-corrected chi connectivity index (χ2v) is 6.43. The molecule has 1 saturated carbocycles. The van der Waals surface area contributed by atoms with Crippen molar-refractivity contribution in [3.05, 3.63) is 36.0 Å². The fourth-order valence-corrected chi connectivity index (χ4v) is 4.51. The second kappa shape index (κ2) is 3.94. The Morgan fingerprint density at radius 2 is 2.17 bits per heavy atom. The van der Waals surface area contributed by atoms with E-state index in [0.717, 1.165) is 0 Å². The van der Waals surface area contributed by atoms with E-state index in [1.165, 1.54) is 18.4 Å². The van der Waals surface area contributed by atoms with Crippen LogP contribution in [0.3, 0.4) is 0 Å². The molecule has 3 rings (SSSR count). The van der Waals surface area contributed by atoms with Crippen molar-refractivity contribution in [1.82, 2.24) is 0 Å². The van der Waals surface area contributed by atoms with Crippen LogP contribution in [-0.4, -0.2) is 5.78 Å².